The summed E-state index contributed by atoms with van der Waals surface area (Å²) in [4.78, 5) is 35.1. The Bertz CT molecular complexity index is 937. The van der Waals surface area contributed by atoms with E-state index >= 15 is 0 Å². The molecule has 0 radical (unpaired) electrons. The summed E-state index contributed by atoms with van der Waals surface area (Å²) in [7, 11) is 0. The molecule has 9 nitrogen and oxygen atoms in total. The van der Waals surface area contributed by atoms with Crippen LogP contribution < -0.4 is 0 Å². The van der Waals surface area contributed by atoms with Gasteiger partial charge >= 0.3 is 17.9 Å². The van der Waals surface area contributed by atoms with E-state index in [-0.39, 0.29) is 60.7 Å². The minimum Gasteiger partial charge on any atom is -0.481 e. The van der Waals surface area contributed by atoms with Gasteiger partial charge in [0.25, 0.3) is 0 Å². The summed E-state index contributed by atoms with van der Waals surface area (Å²) < 4.78 is 11.0. The van der Waals surface area contributed by atoms with Crippen molar-refractivity contribution in [3.8, 4) is 0 Å². The van der Waals surface area contributed by atoms with E-state index in [1.165, 1.54) is 13.8 Å². The van der Waals surface area contributed by atoms with E-state index < -0.39 is 46.9 Å². The van der Waals surface area contributed by atoms with E-state index in [9.17, 15) is 34.8 Å². The minimum atomic E-state index is -1.78. The third kappa shape index (κ3) is 4.69. The largest absolute Gasteiger partial charge is 0.481 e. The van der Waals surface area contributed by atoms with Gasteiger partial charge in [0.2, 0.25) is 11.6 Å². The highest BCUT2D eigenvalue weighted by atomic mass is 16.7. The van der Waals surface area contributed by atoms with Crippen molar-refractivity contribution >= 4 is 17.9 Å². The molecule has 0 aromatic carbocycles. The number of esters is 2. The molecule has 0 amide bonds. The van der Waals surface area contributed by atoms with E-state index in [1.807, 2.05) is 6.92 Å². The molecule has 4 saturated carbocycles. The van der Waals surface area contributed by atoms with Gasteiger partial charge in [0.05, 0.1) is 6.10 Å². The molecule has 4 fully saturated rings. The number of fused-ring (bicyclic) bond motifs is 5. The topological polar surface area (TPSA) is 151 Å². The van der Waals surface area contributed by atoms with Gasteiger partial charge in [0, 0.05) is 45.4 Å². The van der Waals surface area contributed by atoms with Gasteiger partial charge in [-0.25, -0.2) is 0 Å². The summed E-state index contributed by atoms with van der Waals surface area (Å²) in [5.41, 5.74) is -0.914. The maximum absolute atomic E-state index is 12.3. The molecule has 0 heterocycles. The van der Waals surface area contributed by atoms with E-state index in [4.69, 9.17) is 9.47 Å². The van der Waals surface area contributed by atoms with Gasteiger partial charge in [-0.15, -0.1) is 0 Å². The Morgan fingerprint density at radius 1 is 0.973 bits per heavy atom. The van der Waals surface area contributed by atoms with Gasteiger partial charge in [-0.1, -0.05) is 20.8 Å². The number of aliphatic hydroxyl groups excluding tert-OH is 1. The zero-order valence-corrected chi connectivity index (χ0v) is 22.7. The van der Waals surface area contributed by atoms with Crippen LogP contribution in [-0.2, 0) is 23.9 Å². The van der Waals surface area contributed by atoms with Crippen LogP contribution in [0.4, 0.5) is 0 Å². The van der Waals surface area contributed by atoms with Crippen LogP contribution in [0.25, 0.3) is 0 Å². The van der Waals surface area contributed by atoms with E-state index in [1.54, 1.807) is 0 Å². The Balaban J connectivity index is 1.71. The van der Waals surface area contributed by atoms with E-state index in [0.29, 0.717) is 19.3 Å². The Kier molecular flexibility index (Phi) is 7.26. The smallest absolute Gasteiger partial charge is 0.305 e. The SMILES string of the molecule is CC(=O)O[C@@]1(O)CC[C@@]2(C)[C@@H](C1)C[C@](O)(OC(C)=O)[C@@H]1[C@@H]2C[C@H](O)[C@]2(C)[C@@H]([C@H](C)CCC(=O)O)CC[C@@H]12. The van der Waals surface area contributed by atoms with Gasteiger partial charge in [0.15, 0.2) is 0 Å². The molecule has 11 atom stereocenters. The molecule has 4 aliphatic rings. The van der Waals surface area contributed by atoms with Gasteiger partial charge in [0.1, 0.15) is 0 Å². The fourth-order valence-electron chi connectivity index (χ4n) is 9.39. The standard InChI is InChI=1S/C28H44O9/c1-15(6-9-23(32)33)19-7-8-20-24-21(12-22(31)26(19,20)5)25(4)10-11-27(34,36-16(2)29)13-18(25)14-28(24,35)37-17(3)30/h15,18-22,24,31,34-35H,6-14H2,1-5H3,(H,32,33)/t15-,18+,19-,20+,21+,22+,24+,25+,26-,27+,28+/m1/s1. The van der Waals surface area contributed by atoms with Crippen molar-refractivity contribution < 1.29 is 44.3 Å². The van der Waals surface area contributed by atoms with Crippen molar-refractivity contribution in [2.24, 2.45) is 46.3 Å². The highest BCUT2D eigenvalue weighted by Crippen LogP contribution is 2.71. The molecule has 0 unspecified atom stereocenters. The number of aliphatic hydroxyl groups is 3. The monoisotopic (exact) mass is 524 g/mol. The first-order valence-electron chi connectivity index (χ1n) is 13.8. The van der Waals surface area contributed by atoms with Gasteiger partial charge in [-0.3, -0.25) is 14.4 Å². The van der Waals surface area contributed by atoms with Crippen LogP contribution in [0.3, 0.4) is 0 Å². The average molecular weight is 525 g/mol. The summed E-state index contributed by atoms with van der Waals surface area (Å²) >= 11 is 0. The molecular weight excluding hydrogens is 480 g/mol. The molecule has 0 bridgehead atoms. The molecule has 0 aliphatic heterocycles. The number of hydrogen-bond donors (Lipinski definition) is 4. The molecule has 0 aromatic heterocycles. The number of carboxylic acid groups (broad SMARTS) is 1. The molecule has 4 N–H and O–H groups in total. The lowest BCUT2D eigenvalue weighted by Crippen LogP contribution is -2.68. The van der Waals surface area contributed by atoms with Crippen LogP contribution in [0.1, 0.15) is 92.4 Å². The lowest BCUT2D eigenvalue weighted by atomic mass is 9.42. The second-order valence-electron chi connectivity index (χ2n) is 13.0. The zero-order chi connectivity index (χ0) is 27.6. The first-order valence-corrected chi connectivity index (χ1v) is 13.8. The summed E-state index contributed by atoms with van der Waals surface area (Å²) in [5.74, 6) is -6.23. The Morgan fingerprint density at radius 2 is 1.62 bits per heavy atom. The van der Waals surface area contributed by atoms with Crippen LogP contribution in [0, 0.1) is 46.3 Å². The summed E-state index contributed by atoms with van der Waals surface area (Å²) in [6.07, 6.45) is 2.97. The van der Waals surface area contributed by atoms with E-state index in [2.05, 4.69) is 13.8 Å². The van der Waals surface area contributed by atoms with E-state index in [0.717, 1.165) is 12.8 Å². The Labute approximate surface area is 218 Å². The first-order chi connectivity index (χ1) is 17.1. The zero-order valence-electron chi connectivity index (χ0n) is 22.7. The van der Waals surface area contributed by atoms with Crippen LogP contribution in [0.2, 0.25) is 0 Å². The highest BCUT2D eigenvalue weighted by molar-refractivity contribution is 5.67. The summed E-state index contributed by atoms with van der Waals surface area (Å²) in [6, 6.07) is 0. The fraction of sp³-hybridized carbons (Fsp3) is 0.893. The Morgan fingerprint density at radius 3 is 2.22 bits per heavy atom. The number of aliphatic carboxylic acids is 1. The second-order valence-corrected chi connectivity index (χ2v) is 13.0. The highest BCUT2D eigenvalue weighted by Gasteiger charge is 2.71. The number of carbonyl (C=O) groups excluding carboxylic acids is 2. The van der Waals surface area contributed by atoms with Gasteiger partial charge < -0.3 is 29.9 Å². The molecule has 210 valence electrons. The van der Waals surface area contributed by atoms with Crippen molar-refractivity contribution in [3.63, 3.8) is 0 Å². The number of rotatable bonds is 6. The third-order valence-electron chi connectivity index (χ3n) is 11.1. The number of ether oxygens (including phenoxy) is 2. The fourth-order valence-corrected chi connectivity index (χ4v) is 9.39. The normalized spacial score (nSPS) is 47.7. The first kappa shape index (κ1) is 28.3. The number of hydrogen-bond acceptors (Lipinski definition) is 8. The van der Waals surface area contributed by atoms with Crippen molar-refractivity contribution in [3.05, 3.63) is 0 Å². The molecule has 0 saturated heterocycles. The molecule has 0 spiro atoms. The average Bonchev–Trinajstić information content (AvgIpc) is 3.11. The molecular formula is C28H44O9. The molecule has 37 heavy (non-hydrogen) atoms. The Hall–Kier alpha value is -1.71. The maximum atomic E-state index is 12.3. The quantitative estimate of drug-likeness (QED) is 0.303. The summed E-state index contributed by atoms with van der Waals surface area (Å²) in [5, 5.41) is 44.1. The van der Waals surface area contributed by atoms with Crippen molar-refractivity contribution in [1.29, 1.82) is 0 Å². The van der Waals surface area contributed by atoms with Crippen LogP contribution in [0.15, 0.2) is 0 Å². The number of carboxylic acids is 1. The third-order valence-corrected chi connectivity index (χ3v) is 11.1. The summed E-state index contributed by atoms with van der Waals surface area (Å²) in [6.45, 7) is 8.78. The lowest BCUT2D eigenvalue weighted by molar-refractivity contribution is -0.332. The maximum Gasteiger partial charge on any atom is 0.305 e. The van der Waals surface area contributed by atoms with Gasteiger partial charge in [-0.2, -0.15) is 0 Å². The van der Waals surface area contributed by atoms with Gasteiger partial charge in [-0.05, 0) is 72.5 Å². The van der Waals surface area contributed by atoms with Crippen molar-refractivity contribution in [2.45, 2.75) is 110 Å². The van der Waals surface area contributed by atoms with Crippen LogP contribution in [-0.4, -0.2) is 56.0 Å². The van der Waals surface area contributed by atoms with Crippen LogP contribution >= 0.6 is 0 Å². The van der Waals surface area contributed by atoms with Crippen molar-refractivity contribution in [2.75, 3.05) is 0 Å². The van der Waals surface area contributed by atoms with Crippen molar-refractivity contribution in [1.82, 2.24) is 0 Å². The second kappa shape index (κ2) is 9.49. The molecule has 4 aliphatic carbocycles. The minimum absolute atomic E-state index is 0.0724. The lowest BCUT2D eigenvalue weighted by Gasteiger charge is -2.66. The predicted octanol–water partition coefficient (Wildman–Crippen LogP) is 3.23. The molecule has 0 aromatic rings. The van der Waals surface area contributed by atoms with Crippen LogP contribution in [0.5, 0.6) is 0 Å². The number of carbonyl (C=O) groups is 3. The predicted molar refractivity (Wildman–Crippen MR) is 131 cm³/mol. The molecule has 9 heteroatoms. The molecule has 4 rings (SSSR count).